The van der Waals surface area contributed by atoms with E-state index in [1.165, 1.54) is 0 Å². The Bertz CT molecular complexity index is 640. The van der Waals surface area contributed by atoms with Gasteiger partial charge in [-0.25, -0.2) is 0 Å². The van der Waals surface area contributed by atoms with Crippen LogP contribution in [0.15, 0.2) is 30.3 Å². The topological polar surface area (TPSA) is 95.5 Å². The number of carboxylic acids is 1. The lowest BCUT2D eigenvalue weighted by atomic mass is 9.78. The third kappa shape index (κ3) is 4.42. The van der Waals surface area contributed by atoms with Crippen molar-refractivity contribution in [2.45, 2.75) is 57.4 Å². The fourth-order valence-electron chi connectivity index (χ4n) is 3.51. The first-order valence-electron chi connectivity index (χ1n) is 9.27. The molecular formula is C20H28N2O4. The van der Waals surface area contributed by atoms with Crippen LogP contribution in [0, 0.1) is 5.92 Å². The summed E-state index contributed by atoms with van der Waals surface area (Å²) in [5, 5.41) is 15.3. The van der Waals surface area contributed by atoms with Crippen LogP contribution in [0.5, 0.6) is 0 Å². The molecule has 0 radical (unpaired) electrons. The lowest BCUT2D eigenvalue weighted by molar-refractivity contribution is -0.144. The van der Waals surface area contributed by atoms with Gasteiger partial charge in [0.2, 0.25) is 11.8 Å². The summed E-state index contributed by atoms with van der Waals surface area (Å²) in [6, 6.07) is 8.22. The number of benzene rings is 1. The Hall–Kier alpha value is -2.37. The molecule has 1 aliphatic rings. The van der Waals surface area contributed by atoms with Crippen LogP contribution >= 0.6 is 0 Å². The van der Waals surface area contributed by atoms with Crippen LogP contribution in [0.3, 0.4) is 0 Å². The third-order valence-electron chi connectivity index (χ3n) is 5.38. The van der Waals surface area contributed by atoms with Gasteiger partial charge in [0.05, 0.1) is 0 Å². The van der Waals surface area contributed by atoms with Crippen LogP contribution < -0.4 is 10.6 Å². The summed E-state index contributed by atoms with van der Waals surface area (Å²) in [5.74, 6) is -1.45. The Balaban J connectivity index is 2.00. The lowest BCUT2D eigenvalue weighted by Gasteiger charge is -2.29. The van der Waals surface area contributed by atoms with E-state index in [-0.39, 0.29) is 24.3 Å². The summed E-state index contributed by atoms with van der Waals surface area (Å²) in [6.45, 7) is 3.39. The molecule has 0 heterocycles. The van der Waals surface area contributed by atoms with Crippen LogP contribution in [0.25, 0.3) is 0 Å². The van der Waals surface area contributed by atoms with Gasteiger partial charge in [-0.2, -0.15) is 0 Å². The molecule has 2 rings (SSSR count). The standard InChI is InChI=1S/C20H28N2O4/c1-3-20(19(25)26,16-11-5-4-6-12-16)13-21-17(23)14(2)22-18(24)15-9-7-8-10-15/h4-6,11-12,14-15H,3,7-10,13H2,1-2H3,(H,21,23)(H,22,24)(H,25,26). The van der Waals surface area contributed by atoms with Crippen molar-refractivity contribution in [2.24, 2.45) is 5.92 Å². The molecule has 6 nitrogen and oxygen atoms in total. The zero-order valence-corrected chi connectivity index (χ0v) is 15.5. The van der Waals surface area contributed by atoms with Gasteiger partial charge in [-0.15, -0.1) is 0 Å². The molecule has 0 aromatic heterocycles. The van der Waals surface area contributed by atoms with Crippen molar-refractivity contribution in [1.29, 1.82) is 0 Å². The highest BCUT2D eigenvalue weighted by molar-refractivity contribution is 5.89. The molecule has 3 N–H and O–H groups in total. The van der Waals surface area contributed by atoms with Gasteiger partial charge in [-0.05, 0) is 31.7 Å². The molecular weight excluding hydrogens is 332 g/mol. The van der Waals surface area contributed by atoms with Gasteiger partial charge in [0.1, 0.15) is 11.5 Å². The molecule has 2 atom stereocenters. The maximum atomic E-state index is 12.4. The molecule has 0 aliphatic heterocycles. The smallest absolute Gasteiger partial charge is 0.315 e. The van der Waals surface area contributed by atoms with Crippen LogP contribution in [0.1, 0.15) is 51.5 Å². The molecule has 142 valence electrons. The van der Waals surface area contributed by atoms with Crippen LogP contribution in [-0.2, 0) is 19.8 Å². The number of hydrogen-bond acceptors (Lipinski definition) is 3. The van der Waals surface area contributed by atoms with E-state index in [0.717, 1.165) is 25.7 Å². The average Bonchev–Trinajstić information content (AvgIpc) is 3.18. The summed E-state index contributed by atoms with van der Waals surface area (Å²) in [6.07, 6.45) is 4.18. The van der Waals surface area contributed by atoms with Gasteiger partial charge in [0.25, 0.3) is 0 Å². The summed E-state index contributed by atoms with van der Waals surface area (Å²) in [4.78, 5) is 36.5. The second-order valence-electron chi connectivity index (χ2n) is 7.04. The van der Waals surface area contributed by atoms with Crippen molar-refractivity contribution < 1.29 is 19.5 Å². The number of hydrogen-bond donors (Lipinski definition) is 3. The van der Waals surface area contributed by atoms with Gasteiger partial charge in [0, 0.05) is 12.5 Å². The van der Waals surface area contributed by atoms with E-state index < -0.39 is 17.4 Å². The van der Waals surface area contributed by atoms with E-state index in [4.69, 9.17) is 0 Å². The largest absolute Gasteiger partial charge is 0.481 e. The second kappa shape index (κ2) is 8.83. The molecule has 26 heavy (non-hydrogen) atoms. The minimum Gasteiger partial charge on any atom is -0.481 e. The highest BCUT2D eigenvalue weighted by Gasteiger charge is 2.39. The predicted molar refractivity (Wildman–Crippen MR) is 98.6 cm³/mol. The number of carbonyl (C=O) groups excluding carboxylic acids is 2. The quantitative estimate of drug-likeness (QED) is 0.662. The van der Waals surface area contributed by atoms with Crippen LogP contribution in [-0.4, -0.2) is 35.5 Å². The molecule has 0 spiro atoms. The van der Waals surface area contributed by atoms with E-state index >= 15 is 0 Å². The summed E-state index contributed by atoms with van der Waals surface area (Å²) in [7, 11) is 0. The maximum Gasteiger partial charge on any atom is 0.315 e. The van der Waals surface area contributed by atoms with E-state index in [2.05, 4.69) is 10.6 Å². The SMILES string of the molecule is CCC(CNC(=O)C(C)NC(=O)C1CCCC1)(C(=O)O)c1ccccc1. The first-order chi connectivity index (χ1) is 12.4. The van der Waals surface area contributed by atoms with Gasteiger partial charge in [-0.1, -0.05) is 50.1 Å². The van der Waals surface area contributed by atoms with Crippen molar-refractivity contribution >= 4 is 17.8 Å². The normalized spacial score (nSPS) is 17.9. The summed E-state index contributed by atoms with van der Waals surface area (Å²) in [5.41, 5.74) is -0.538. The Morgan fingerprint density at radius 3 is 2.35 bits per heavy atom. The number of amides is 2. The van der Waals surface area contributed by atoms with Gasteiger partial charge >= 0.3 is 5.97 Å². The van der Waals surface area contributed by atoms with Crippen molar-refractivity contribution in [3.8, 4) is 0 Å². The minimum absolute atomic E-state index is 0.0108. The number of carboxylic acid groups (broad SMARTS) is 1. The molecule has 1 aliphatic carbocycles. The number of rotatable bonds is 8. The van der Waals surface area contributed by atoms with Crippen molar-refractivity contribution in [2.75, 3.05) is 6.54 Å². The molecule has 0 bridgehead atoms. The fourth-order valence-corrected chi connectivity index (χ4v) is 3.51. The number of aliphatic carboxylic acids is 1. The van der Waals surface area contributed by atoms with E-state index in [1.807, 2.05) is 6.07 Å². The zero-order chi connectivity index (χ0) is 19.2. The van der Waals surface area contributed by atoms with E-state index in [0.29, 0.717) is 12.0 Å². The first kappa shape index (κ1) is 19.9. The monoisotopic (exact) mass is 360 g/mol. The Morgan fingerprint density at radius 1 is 1.19 bits per heavy atom. The van der Waals surface area contributed by atoms with E-state index in [1.54, 1.807) is 38.1 Å². The minimum atomic E-state index is -1.19. The first-order valence-corrected chi connectivity index (χ1v) is 9.27. The molecule has 1 fully saturated rings. The number of nitrogens with one attached hydrogen (secondary N) is 2. The Labute approximate surface area is 154 Å². The van der Waals surface area contributed by atoms with Crippen molar-refractivity contribution in [1.82, 2.24) is 10.6 Å². The van der Waals surface area contributed by atoms with Gasteiger partial charge in [-0.3, -0.25) is 14.4 Å². The zero-order valence-electron chi connectivity index (χ0n) is 15.5. The van der Waals surface area contributed by atoms with Crippen molar-refractivity contribution in [3.63, 3.8) is 0 Å². The fraction of sp³-hybridized carbons (Fsp3) is 0.550. The maximum absolute atomic E-state index is 12.4. The molecule has 0 saturated heterocycles. The third-order valence-corrected chi connectivity index (χ3v) is 5.38. The highest BCUT2D eigenvalue weighted by Crippen LogP contribution is 2.28. The molecule has 2 amide bonds. The summed E-state index contributed by atoms with van der Waals surface area (Å²) >= 11 is 0. The molecule has 2 unspecified atom stereocenters. The molecule has 1 aromatic rings. The van der Waals surface area contributed by atoms with Crippen LogP contribution in [0.2, 0.25) is 0 Å². The van der Waals surface area contributed by atoms with Crippen molar-refractivity contribution in [3.05, 3.63) is 35.9 Å². The molecule has 6 heteroatoms. The summed E-state index contributed by atoms with van der Waals surface area (Å²) < 4.78 is 0. The van der Waals surface area contributed by atoms with Gasteiger partial charge < -0.3 is 15.7 Å². The van der Waals surface area contributed by atoms with Gasteiger partial charge in [0.15, 0.2) is 0 Å². The number of carbonyl (C=O) groups is 3. The second-order valence-corrected chi connectivity index (χ2v) is 7.04. The Morgan fingerprint density at radius 2 is 1.81 bits per heavy atom. The molecule has 1 saturated carbocycles. The Kier molecular flexibility index (Phi) is 6.77. The van der Waals surface area contributed by atoms with Crippen LogP contribution in [0.4, 0.5) is 0 Å². The predicted octanol–water partition coefficient (Wildman–Crippen LogP) is 2.23. The average molecular weight is 360 g/mol. The lowest BCUT2D eigenvalue weighted by Crippen LogP contribution is -2.51. The van der Waals surface area contributed by atoms with E-state index in [9.17, 15) is 19.5 Å². The molecule has 1 aromatic carbocycles. The highest BCUT2D eigenvalue weighted by atomic mass is 16.4.